The van der Waals surface area contributed by atoms with Crippen LogP contribution in [0.25, 0.3) is 0 Å². The van der Waals surface area contributed by atoms with Gasteiger partial charge in [0, 0.05) is 38.8 Å². The van der Waals surface area contributed by atoms with Gasteiger partial charge in [0.2, 0.25) is 5.91 Å². The van der Waals surface area contributed by atoms with Gasteiger partial charge in [-0.05, 0) is 30.9 Å². The van der Waals surface area contributed by atoms with Crippen molar-refractivity contribution in [2.75, 3.05) is 33.2 Å². The molecule has 3 rings (SSSR count). The first-order valence-electron chi connectivity index (χ1n) is 9.00. The summed E-state index contributed by atoms with van der Waals surface area (Å²) in [7, 11) is 1.72. The van der Waals surface area contributed by atoms with Gasteiger partial charge in [-0.25, -0.2) is 0 Å². The molecule has 0 aromatic heterocycles. The number of amides is 2. The Morgan fingerprint density at radius 2 is 1.67 bits per heavy atom. The average molecular weight is 329 g/mol. The Bertz CT molecular complexity index is 561. The van der Waals surface area contributed by atoms with Crippen molar-refractivity contribution in [3.63, 3.8) is 0 Å². The Hall–Kier alpha value is -1.88. The molecule has 1 N–H and O–H groups in total. The molecule has 1 aromatic carbocycles. The highest BCUT2D eigenvalue weighted by Crippen LogP contribution is 2.31. The van der Waals surface area contributed by atoms with Crippen molar-refractivity contribution in [3.8, 4) is 0 Å². The predicted molar refractivity (Wildman–Crippen MR) is 93.7 cm³/mol. The van der Waals surface area contributed by atoms with E-state index < -0.39 is 0 Å². The number of likely N-dealkylation sites (N-methyl/N-ethyl adjacent to an activating group) is 1. The molecular weight excluding hydrogens is 302 g/mol. The molecule has 1 saturated heterocycles. The third-order valence-electron chi connectivity index (χ3n) is 5.38. The molecule has 2 amide bonds. The molecule has 1 aliphatic carbocycles. The molecule has 130 valence electrons. The Labute approximate surface area is 144 Å². The molecule has 0 unspecified atom stereocenters. The van der Waals surface area contributed by atoms with Crippen LogP contribution >= 0.6 is 0 Å². The zero-order valence-electron chi connectivity index (χ0n) is 14.4. The van der Waals surface area contributed by atoms with Gasteiger partial charge in [-0.3, -0.25) is 14.5 Å². The average Bonchev–Trinajstić information content (AvgIpc) is 3.16. The van der Waals surface area contributed by atoms with E-state index in [0.29, 0.717) is 19.0 Å². The molecule has 0 spiro atoms. The quantitative estimate of drug-likeness (QED) is 0.916. The van der Waals surface area contributed by atoms with Gasteiger partial charge in [0.05, 0.1) is 6.04 Å². The fraction of sp³-hybridized carbons (Fsp3) is 0.579. The van der Waals surface area contributed by atoms with E-state index in [1.807, 2.05) is 35.2 Å². The van der Waals surface area contributed by atoms with E-state index in [4.69, 9.17) is 0 Å². The molecule has 1 heterocycles. The van der Waals surface area contributed by atoms with Crippen molar-refractivity contribution in [1.82, 2.24) is 15.1 Å². The van der Waals surface area contributed by atoms with Crippen LogP contribution in [0.15, 0.2) is 30.3 Å². The van der Waals surface area contributed by atoms with Crippen molar-refractivity contribution >= 4 is 11.8 Å². The minimum absolute atomic E-state index is 0.0357. The maximum atomic E-state index is 12.6. The van der Waals surface area contributed by atoms with Crippen LogP contribution in [0.5, 0.6) is 0 Å². The first kappa shape index (κ1) is 17.0. The van der Waals surface area contributed by atoms with Crippen molar-refractivity contribution in [2.24, 2.45) is 5.92 Å². The van der Waals surface area contributed by atoms with Crippen LogP contribution in [0.1, 0.15) is 36.0 Å². The summed E-state index contributed by atoms with van der Waals surface area (Å²) in [6.07, 6.45) is 4.73. The number of hydrogen-bond donors (Lipinski definition) is 1. The Kier molecular flexibility index (Phi) is 5.51. The van der Waals surface area contributed by atoms with Crippen molar-refractivity contribution < 1.29 is 9.59 Å². The van der Waals surface area contributed by atoms with Crippen LogP contribution in [-0.2, 0) is 4.79 Å². The molecule has 5 heteroatoms. The lowest BCUT2D eigenvalue weighted by atomic mass is 9.95. The van der Waals surface area contributed by atoms with E-state index in [9.17, 15) is 9.59 Å². The SMILES string of the molecule is CNC(=O)[C@H](C1CCCC1)N1CCN(C(=O)c2ccccc2)CC1. The van der Waals surface area contributed by atoms with Crippen LogP contribution < -0.4 is 5.32 Å². The first-order valence-corrected chi connectivity index (χ1v) is 9.00. The summed E-state index contributed by atoms with van der Waals surface area (Å²) in [5.41, 5.74) is 0.740. The van der Waals surface area contributed by atoms with Crippen LogP contribution in [0.2, 0.25) is 0 Å². The number of nitrogens with zero attached hydrogens (tertiary/aromatic N) is 2. The van der Waals surface area contributed by atoms with E-state index in [2.05, 4.69) is 10.2 Å². The third kappa shape index (κ3) is 3.61. The van der Waals surface area contributed by atoms with Gasteiger partial charge in [-0.1, -0.05) is 31.0 Å². The summed E-state index contributed by atoms with van der Waals surface area (Å²) in [5.74, 6) is 0.679. The number of nitrogens with one attached hydrogen (secondary N) is 1. The number of carbonyl (C=O) groups excluding carboxylic acids is 2. The number of piperazine rings is 1. The summed E-state index contributed by atoms with van der Waals surface area (Å²) < 4.78 is 0. The van der Waals surface area contributed by atoms with E-state index in [-0.39, 0.29) is 17.9 Å². The zero-order chi connectivity index (χ0) is 16.9. The second kappa shape index (κ2) is 7.79. The van der Waals surface area contributed by atoms with E-state index in [1.54, 1.807) is 7.05 Å². The highest BCUT2D eigenvalue weighted by Gasteiger charge is 2.36. The minimum Gasteiger partial charge on any atom is -0.358 e. The molecule has 5 nitrogen and oxygen atoms in total. The summed E-state index contributed by atoms with van der Waals surface area (Å²) in [4.78, 5) is 29.1. The minimum atomic E-state index is -0.0357. The lowest BCUT2D eigenvalue weighted by Crippen LogP contribution is -2.57. The molecule has 1 aromatic rings. The Morgan fingerprint density at radius 1 is 1.04 bits per heavy atom. The van der Waals surface area contributed by atoms with Crippen LogP contribution in [0.4, 0.5) is 0 Å². The third-order valence-corrected chi connectivity index (χ3v) is 5.38. The topological polar surface area (TPSA) is 52.7 Å². The standard InChI is InChI=1S/C19H27N3O2/c1-20-18(23)17(15-7-5-6-8-15)21-11-13-22(14-12-21)19(24)16-9-3-2-4-10-16/h2-4,9-10,15,17H,5-8,11-14H2,1H3,(H,20,23)/t17-/m0/s1. The van der Waals surface area contributed by atoms with Crippen LogP contribution in [0.3, 0.4) is 0 Å². The fourth-order valence-corrected chi connectivity index (χ4v) is 4.07. The molecule has 0 bridgehead atoms. The monoisotopic (exact) mass is 329 g/mol. The molecule has 2 aliphatic rings. The van der Waals surface area contributed by atoms with Gasteiger partial charge in [0.25, 0.3) is 5.91 Å². The summed E-state index contributed by atoms with van der Waals surface area (Å²) in [6, 6.07) is 9.40. The first-order chi connectivity index (χ1) is 11.7. The Morgan fingerprint density at radius 3 is 2.25 bits per heavy atom. The van der Waals surface area contributed by atoms with E-state index in [1.165, 1.54) is 12.8 Å². The number of rotatable bonds is 4. The number of carbonyl (C=O) groups is 2. The molecule has 24 heavy (non-hydrogen) atoms. The van der Waals surface area contributed by atoms with Gasteiger partial charge < -0.3 is 10.2 Å². The van der Waals surface area contributed by atoms with Crippen molar-refractivity contribution in [1.29, 1.82) is 0 Å². The van der Waals surface area contributed by atoms with Gasteiger partial charge in [-0.15, -0.1) is 0 Å². The highest BCUT2D eigenvalue weighted by atomic mass is 16.2. The lowest BCUT2D eigenvalue weighted by Gasteiger charge is -2.40. The van der Waals surface area contributed by atoms with Crippen LogP contribution in [-0.4, -0.2) is 60.9 Å². The van der Waals surface area contributed by atoms with Crippen molar-refractivity contribution in [2.45, 2.75) is 31.7 Å². The molecule has 1 aliphatic heterocycles. The maximum absolute atomic E-state index is 12.6. The largest absolute Gasteiger partial charge is 0.358 e. The fourth-order valence-electron chi connectivity index (χ4n) is 4.07. The van der Waals surface area contributed by atoms with Gasteiger partial charge in [-0.2, -0.15) is 0 Å². The predicted octanol–water partition coefficient (Wildman–Crippen LogP) is 1.75. The molecule has 1 atom stereocenters. The summed E-state index contributed by atoms with van der Waals surface area (Å²) >= 11 is 0. The zero-order valence-corrected chi connectivity index (χ0v) is 14.4. The van der Waals surface area contributed by atoms with E-state index in [0.717, 1.165) is 31.5 Å². The molecule has 0 radical (unpaired) electrons. The molecule has 1 saturated carbocycles. The second-order valence-electron chi connectivity index (χ2n) is 6.80. The van der Waals surface area contributed by atoms with Crippen LogP contribution in [0, 0.1) is 5.92 Å². The normalized spacial score (nSPS) is 20.8. The maximum Gasteiger partial charge on any atom is 0.253 e. The van der Waals surface area contributed by atoms with Gasteiger partial charge >= 0.3 is 0 Å². The lowest BCUT2D eigenvalue weighted by molar-refractivity contribution is -0.128. The number of hydrogen-bond acceptors (Lipinski definition) is 3. The molecular formula is C19H27N3O2. The highest BCUT2D eigenvalue weighted by molar-refractivity contribution is 5.94. The Balaban J connectivity index is 1.62. The second-order valence-corrected chi connectivity index (χ2v) is 6.80. The summed E-state index contributed by atoms with van der Waals surface area (Å²) in [5, 5.41) is 2.84. The smallest absolute Gasteiger partial charge is 0.253 e. The van der Waals surface area contributed by atoms with Crippen molar-refractivity contribution in [3.05, 3.63) is 35.9 Å². The van der Waals surface area contributed by atoms with Gasteiger partial charge in [0.1, 0.15) is 0 Å². The summed E-state index contributed by atoms with van der Waals surface area (Å²) in [6.45, 7) is 2.92. The van der Waals surface area contributed by atoms with Gasteiger partial charge in [0.15, 0.2) is 0 Å². The van der Waals surface area contributed by atoms with E-state index >= 15 is 0 Å². The molecule has 2 fully saturated rings. The number of benzene rings is 1.